The number of nitrogens with two attached hydrogens (primary N) is 1. The van der Waals surface area contributed by atoms with E-state index in [0.717, 1.165) is 68.7 Å². The summed E-state index contributed by atoms with van der Waals surface area (Å²) in [5, 5.41) is 3.14. The standard InChI is InChI=1S/C28H38N6O2/c1-28(30-2,27(29)36)24(19-8-4-3-5-9-19)26(35)33-16-7-11-22(33)21-12-15-31-23(18-21)34-17-13-20-10-6-14-32-25(20)34/h6,10,12,14-15,18-19,22,24,30H,3-5,7-9,11,13,16-17H2,1-2H3,(H2,29,36)/t22-,24+,28?/m0/s1. The van der Waals surface area contributed by atoms with Crippen LogP contribution in [0.25, 0.3) is 0 Å². The molecule has 8 nitrogen and oxygen atoms in total. The fourth-order valence-electron chi connectivity index (χ4n) is 6.59. The Morgan fingerprint density at radius 1 is 1.08 bits per heavy atom. The molecule has 1 aliphatic carbocycles. The van der Waals surface area contributed by atoms with Gasteiger partial charge in [-0.3, -0.25) is 9.59 Å². The number of nitrogens with one attached hydrogen (secondary N) is 1. The maximum atomic E-state index is 14.3. The van der Waals surface area contributed by atoms with Crippen LogP contribution in [0.1, 0.15) is 69.0 Å². The van der Waals surface area contributed by atoms with E-state index in [9.17, 15) is 9.59 Å². The molecule has 2 aliphatic heterocycles. The van der Waals surface area contributed by atoms with E-state index >= 15 is 0 Å². The molecule has 0 bridgehead atoms. The number of nitrogens with zero attached hydrogens (tertiary/aromatic N) is 4. The van der Waals surface area contributed by atoms with Crippen molar-refractivity contribution < 1.29 is 9.59 Å². The Morgan fingerprint density at radius 2 is 1.89 bits per heavy atom. The van der Waals surface area contributed by atoms with Crippen LogP contribution in [-0.2, 0) is 16.0 Å². The highest BCUT2D eigenvalue weighted by Gasteiger charge is 2.50. The average Bonchev–Trinajstić information content (AvgIpc) is 3.57. The van der Waals surface area contributed by atoms with Crippen LogP contribution in [0.2, 0.25) is 0 Å². The van der Waals surface area contributed by atoms with Gasteiger partial charge in [-0.1, -0.05) is 25.3 Å². The van der Waals surface area contributed by atoms with Crippen molar-refractivity contribution in [1.29, 1.82) is 0 Å². The number of fused-ring (bicyclic) bond motifs is 1. The van der Waals surface area contributed by atoms with E-state index in [-0.39, 0.29) is 17.9 Å². The number of carbonyl (C=O) groups is 2. The van der Waals surface area contributed by atoms with Gasteiger partial charge in [0.15, 0.2) is 0 Å². The minimum atomic E-state index is -1.08. The summed E-state index contributed by atoms with van der Waals surface area (Å²) in [5.41, 5.74) is 7.14. The van der Waals surface area contributed by atoms with Crippen LogP contribution in [0.3, 0.4) is 0 Å². The van der Waals surface area contributed by atoms with E-state index in [4.69, 9.17) is 5.73 Å². The van der Waals surface area contributed by atoms with Crippen LogP contribution in [0.4, 0.5) is 11.6 Å². The molecule has 3 aliphatic rings. The van der Waals surface area contributed by atoms with Crippen molar-refractivity contribution in [3.63, 3.8) is 0 Å². The number of likely N-dealkylation sites (tertiary alicyclic amines) is 1. The predicted octanol–water partition coefficient (Wildman–Crippen LogP) is 3.49. The van der Waals surface area contributed by atoms with Gasteiger partial charge in [0.1, 0.15) is 17.2 Å². The van der Waals surface area contributed by atoms with Gasteiger partial charge in [-0.25, -0.2) is 9.97 Å². The number of hydrogen-bond acceptors (Lipinski definition) is 6. The molecule has 2 aromatic rings. The first kappa shape index (κ1) is 24.7. The molecular weight excluding hydrogens is 452 g/mol. The molecule has 0 radical (unpaired) electrons. The Morgan fingerprint density at radius 3 is 2.64 bits per heavy atom. The number of primary amides is 1. The summed E-state index contributed by atoms with van der Waals surface area (Å²) >= 11 is 0. The zero-order valence-corrected chi connectivity index (χ0v) is 21.4. The van der Waals surface area contributed by atoms with Crippen LogP contribution >= 0.6 is 0 Å². The van der Waals surface area contributed by atoms with Crippen LogP contribution in [-0.4, -0.2) is 52.4 Å². The fourth-order valence-corrected chi connectivity index (χ4v) is 6.59. The lowest BCUT2D eigenvalue weighted by Gasteiger charge is -2.43. The molecule has 36 heavy (non-hydrogen) atoms. The Balaban J connectivity index is 1.44. The summed E-state index contributed by atoms with van der Waals surface area (Å²) in [4.78, 5) is 40.4. The Hall–Kier alpha value is -3.00. The van der Waals surface area contributed by atoms with Gasteiger partial charge >= 0.3 is 0 Å². The molecule has 3 atom stereocenters. The molecule has 8 heteroatoms. The van der Waals surface area contributed by atoms with Crippen molar-refractivity contribution >= 4 is 23.5 Å². The third kappa shape index (κ3) is 4.36. The summed E-state index contributed by atoms with van der Waals surface area (Å²) in [7, 11) is 1.74. The van der Waals surface area contributed by atoms with Crippen LogP contribution in [0, 0.1) is 11.8 Å². The van der Waals surface area contributed by atoms with Gasteiger partial charge in [0.2, 0.25) is 11.8 Å². The number of aromatic nitrogens is 2. The SMILES string of the molecule is CNC(C)(C(N)=O)[C@@H](C(=O)N1CCC[C@H]1c1ccnc(N2CCc3cccnc32)c1)C1CCCCC1. The van der Waals surface area contributed by atoms with Gasteiger partial charge in [0.25, 0.3) is 0 Å². The number of anilines is 2. The molecule has 1 unspecified atom stereocenters. The second-order valence-electron chi connectivity index (χ2n) is 10.7. The number of likely N-dealkylation sites (N-methyl/N-ethyl adjacent to an activating group) is 1. The molecule has 5 rings (SSSR count). The third-order valence-corrected chi connectivity index (χ3v) is 8.74. The maximum absolute atomic E-state index is 14.3. The van der Waals surface area contributed by atoms with Gasteiger partial charge in [-0.2, -0.15) is 0 Å². The summed E-state index contributed by atoms with van der Waals surface area (Å²) in [6, 6.07) is 8.19. The summed E-state index contributed by atoms with van der Waals surface area (Å²) in [6.45, 7) is 3.34. The van der Waals surface area contributed by atoms with E-state index in [1.807, 2.05) is 29.4 Å². The number of rotatable bonds is 7. The average molecular weight is 491 g/mol. The fraction of sp³-hybridized carbons (Fsp3) is 0.571. The zero-order chi connectivity index (χ0) is 25.3. The summed E-state index contributed by atoms with van der Waals surface area (Å²) in [5.74, 6) is 1.09. The number of pyridine rings is 2. The molecule has 0 aromatic carbocycles. The smallest absolute Gasteiger partial charge is 0.238 e. The highest BCUT2D eigenvalue weighted by atomic mass is 16.2. The molecule has 3 N–H and O–H groups in total. The molecule has 192 valence electrons. The quantitative estimate of drug-likeness (QED) is 0.616. The van der Waals surface area contributed by atoms with Crippen LogP contribution in [0.5, 0.6) is 0 Å². The molecule has 2 amide bonds. The largest absolute Gasteiger partial charge is 0.368 e. The van der Waals surface area contributed by atoms with Gasteiger partial charge in [-0.15, -0.1) is 0 Å². The number of carbonyl (C=O) groups excluding carboxylic acids is 2. The Bertz CT molecular complexity index is 1120. The van der Waals surface area contributed by atoms with E-state index < -0.39 is 17.4 Å². The second-order valence-corrected chi connectivity index (χ2v) is 10.7. The lowest BCUT2D eigenvalue weighted by molar-refractivity contribution is -0.147. The van der Waals surface area contributed by atoms with Crippen molar-refractivity contribution in [2.75, 3.05) is 25.0 Å². The lowest BCUT2D eigenvalue weighted by Crippen LogP contribution is -2.63. The molecule has 2 fully saturated rings. The third-order valence-electron chi connectivity index (χ3n) is 8.74. The molecule has 1 saturated carbocycles. The topological polar surface area (TPSA) is 104 Å². The van der Waals surface area contributed by atoms with Gasteiger partial charge < -0.3 is 20.9 Å². The molecule has 0 spiro atoms. The highest BCUT2D eigenvalue weighted by molar-refractivity contribution is 5.93. The lowest BCUT2D eigenvalue weighted by atomic mass is 9.69. The van der Waals surface area contributed by atoms with Crippen LogP contribution < -0.4 is 16.0 Å². The van der Waals surface area contributed by atoms with E-state index in [2.05, 4.69) is 32.3 Å². The number of hydrogen-bond donors (Lipinski definition) is 2. The predicted molar refractivity (Wildman–Crippen MR) is 140 cm³/mol. The van der Waals surface area contributed by atoms with Crippen molar-refractivity contribution in [2.24, 2.45) is 17.6 Å². The molecule has 1 saturated heterocycles. The van der Waals surface area contributed by atoms with Gasteiger partial charge in [0.05, 0.1) is 12.0 Å². The first-order valence-corrected chi connectivity index (χ1v) is 13.4. The Kier molecular flexibility index (Phi) is 6.97. The maximum Gasteiger partial charge on any atom is 0.238 e. The summed E-state index contributed by atoms with van der Waals surface area (Å²) in [6.07, 6.45) is 11.7. The summed E-state index contributed by atoms with van der Waals surface area (Å²) < 4.78 is 0. The minimum absolute atomic E-state index is 0.0369. The molecular formula is C28H38N6O2. The highest BCUT2D eigenvalue weighted by Crippen LogP contribution is 2.42. The first-order valence-electron chi connectivity index (χ1n) is 13.4. The van der Waals surface area contributed by atoms with E-state index in [0.29, 0.717) is 6.54 Å². The van der Waals surface area contributed by atoms with Gasteiger partial charge in [-0.05, 0) is 81.3 Å². The number of amides is 2. The van der Waals surface area contributed by atoms with Crippen molar-refractivity contribution in [1.82, 2.24) is 20.2 Å². The van der Waals surface area contributed by atoms with Crippen molar-refractivity contribution in [3.8, 4) is 0 Å². The van der Waals surface area contributed by atoms with Crippen molar-refractivity contribution in [2.45, 2.75) is 69.9 Å². The zero-order valence-electron chi connectivity index (χ0n) is 21.4. The molecule has 2 aromatic heterocycles. The minimum Gasteiger partial charge on any atom is -0.368 e. The van der Waals surface area contributed by atoms with Crippen LogP contribution in [0.15, 0.2) is 36.7 Å². The monoisotopic (exact) mass is 490 g/mol. The van der Waals surface area contributed by atoms with Gasteiger partial charge in [0, 0.05) is 25.5 Å². The first-order chi connectivity index (χ1) is 17.4. The van der Waals surface area contributed by atoms with E-state index in [1.54, 1.807) is 14.0 Å². The van der Waals surface area contributed by atoms with Crippen molar-refractivity contribution in [3.05, 3.63) is 47.8 Å². The second kappa shape index (κ2) is 10.2. The molecule has 4 heterocycles. The normalized spacial score (nSPS) is 22.8. The Labute approximate surface area is 213 Å². The van der Waals surface area contributed by atoms with E-state index in [1.165, 1.54) is 12.0 Å².